The van der Waals surface area contributed by atoms with E-state index in [0.717, 1.165) is 126 Å². The van der Waals surface area contributed by atoms with Crippen LogP contribution in [0.4, 0.5) is 21.9 Å². The van der Waals surface area contributed by atoms with E-state index in [2.05, 4.69) is 108 Å². The number of piperazine rings is 1. The van der Waals surface area contributed by atoms with Gasteiger partial charge in [-0.1, -0.05) is 38.1 Å². The van der Waals surface area contributed by atoms with E-state index in [9.17, 15) is 14.4 Å². The van der Waals surface area contributed by atoms with Crippen LogP contribution in [0, 0.1) is 19.8 Å². The highest BCUT2D eigenvalue weighted by Gasteiger charge is 2.46. The number of hydrogen-bond acceptors (Lipinski definition) is 13. The molecule has 67 heavy (non-hydrogen) atoms. The van der Waals surface area contributed by atoms with Gasteiger partial charge in [-0.25, -0.2) is 14.8 Å². The van der Waals surface area contributed by atoms with Gasteiger partial charge in [-0.15, -0.1) is 0 Å². The molecule has 0 spiro atoms. The predicted molar refractivity (Wildman–Crippen MR) is 262 cm³/mol. The molecule has 0 radical (unpaired) electrons. The first-order valence-electron chi connectivity index (χ1n) is 23.3. The van der Waals surface area contributed by atoms with E-state index in [1.54, 1.807) is 11.2 Å². The van der Waals surface area contributed by atoms with Crippen molar-refractivity contribution in [1.82, 2.24) is 45.6 Å². The molecule has 4 amide bonds. The molecule has 17 heteroatoms. The fourth-order valence-corrected chi connectivity index (χ4v) is 10.9. The van der Waals surface area contributed by atoms with Crippen LogP contribution in [0.25, 0.3) is 33.7 Å². The number of aryl methyl sites for hydroxylation is 2. The maximum absolute atomic E-state index is 13.5. The summed E-state index contributed by atoms with van der Waals surface area (Å²) < 4.78 is 5.42. The molecular weight excluding hydrogens is 865 g/mol. The second-order valence-corrected chi connectivity index (χ2v) is 20.9. The molecule has 1 unspecified atom stereocenters. The van der Waals surface area contributed by atoms with Crippen molar-refractivity contribution in [3.63, 3.8) is 0 Å². The second kappa shape index (κ2) is 17.7. The first kappa shape index (κ1) is 44.5. The highest BCUT2D eigenvalue weighted by atomic mass is 32.2. The molecule has 2 atom stereocenters. The summed E-state index contributed by atoms with van der Waals surface area (Å²) >= 11 is 1.82. The van der Waals surface area contributed by atoms with E-state index in [1.165, 1.54) is 5.69 Å². The Morgan fingerprint density at radius 1 is 0.866 bits per heavy atom. The van der Waals surface area contributed by atoms with Crippen LogP contribution in [0.1, 0.15) is 80.2 Å². The lowest BCUT2D eigenvalue weighted by molar-refractivity contribution is -0.120. The van der Waals surface area contributed by atoms with E-state index in [0.29, 0.717) is 24.8 Å². The number of rotatable bonds is 11. The molecule has 3 N–H and O–H groups in total. The van der Waals surface area contributed by atoms with E-state index in [4.69, 9.17) is 14.5 Å². The third kappa shape index (κ3) is 9.10. The zero-order valence-corrected chi connectivity index (χ0v) is 39.9. The van der Waals surface area contributed by atoms with E-state index in [-0.39, 0.29) is 34.3 Å². The number of amides is 4. The highest BCUT2D eigenvalue weighted by molar-refractivity contribution is 8.07. The maximum Gasteiger partial charge on any atom is 0.328 e. The zero-order valence-electron chi connectivity index (χ0n) is 39.1. The molecule has 2 aromatic carbocycles. The number of benzene rings is 2. The van der Waals surface area contributed by atoms with Crippen LogP contribution in [0.2, 0.25) is 0 Å². The molecule has 16 nitrogen and oxygen atoms in total. The maximum atomic E-state index is 13.5. The van der Waals surface area contributed by atoms with Crippen molar-refractivity contribution >= 4 is 57.7 Å². The van der Waals surface area contributed by atoms with Crippen LogP contribution >= 0.6 is 11.8 Å². The molecule has 6 aromatic rings. The molecule has 10 rings (SSSR count). The minimum absolute atomic E-state index is 0.0375. The molecular formula is C50H58N12O4S. The number of urea groups is 1. The van der Waals surface area contributed by atoms with Gasteiger partial charge in [0, 0.05) is 97.5 Å². The number of pyridine rings is 1. The number of piperidine rings is 1. The topological polar surface area (TPSA) is 182 Å². The summed E-state index contributed by atoms with van der Waals surface area (Å²) in [6.07, 6.45) is 6.20. The molecule has 0 bridgehead atoms. The van der Waals surface area contributed by atoms with Gasteiger partial charge in [0.1, 0.15) is 12.0 Å². The van der Waals surface area contributed by atoms with E-state index in [1.807, 2.05) is 51.7 Å². The Hall–Kier alpha value is -6.33. The number of thioether (sulfide) groups is 1. The van der Waals surface area contributed by atoms with Crippen molar-refractivity contribution < 1.29 is 18.9 Å². The number of carbonyl (C=O) groups excluding carboxylic acids is 3. The largest absolute Gasteiger partial charge is 0.372 e. The van der Waals surface area contributed by atoms with Crippen LogP contribution in [-0.4, -0.2) is 116 Å². The van der Waals surface area contributed by atoms with Crippen molar-refractivity contribution in [2.24, 2.45) is 5.92 Å². The quantitative estimate of drug-likeness (QED) is 0.111. The summed E-state index contributed by atoms with van der Waals surface area (Å²) in [5.74, 6) is 1.49. The van der Waals surface area contributed by atoms with Crippen LogP contribution in [0.3, 0.4) is 0 Å². The number of carbonyl (C=O) groups is 3. The normalized spacial score (nSPS) is 19.4. The third-order valence-corrected chi connectivity index (χ3v) is 15.0. The minimum Gasteiger partial charge on any atom is -0.372 e. The number of aromatic amines is 1. The lowest BCUT2D eigenvalue weighted by Crippen LogP contribution is -2.49. The smallest absolute Gasteiger partial charge is 0.328 e. The van der Waals surface area contributed by atoms with Gasteiger partial charge in [0.2, 0.25) is 11.8 Å². The number of aromatic nitrogens is 6. The van der Waals surface area contributed by atoms with Gasteiger partial charge in [0.05, 0.1) is 34.5 Å². The Balaban J connectivity index is 0.741. The third-order valence-electron chi connectivity index (χ3n) is 13.9. The van der Waals surface area contributed by atoms with Gasteiger partial charge in [-0.2, -0.15) is 16.7 Å². The van der Waals surface area contributed by atoms with Gasteiger partial charge >= 0.3 is 6.03 Å². The molecule has 4 aromatic heterocycles. The van der Waals surface area contributed by atoms with Crippen molar-refractivity contribution in [2.75, 3.05) is 72.8 Å². The summed E-state index contributed by atoms with van der Waals surface area (Å²) in [5.41, 5.74) is 9.53. The summed E-state index contributed by atoms with van der Waals surface area (Å²) in [7, 11) is 0. The molecule has 348 valence electrons. The van der Waals surface area contributed by atoms with Crippen LogP contribution in [-0.2, 0) is 15.7 Å². The summed E-state index contributed by atoms with van der Waals surface area (Å²) in [6, 6.07) is 18.6. The monoisotopic (exact) mass is 922 g/mol. The SMILES string of the molecule is Cc1cc(N2CCC(CN3CCN(c4ccc(-c5cc6c(-c7ccc([C@@](C)(NC(=O)c8noc(C(C)(C)C)n8)C8CS8)c(C)c7)ncnc6[nH]5)nc4)CC3)CC2)ccc1N1CCC(=O)NC1=O. The Bertz CT molecular complexity index is 2840. The minimum atomic E-state index is -0.641. The van der Waals surface area contributed by atoms with E-state index < -0.39 is 5.54 Å². The van der Waals surface area contributed by atoms with E-state index >= 15 is 0 Å². The molecule has 4 aliphatic heterocycles. The number of nitrogens with one attached hydrogen (secondary N) is 3. The molecule has 4 aliphatic rings. The lowest BCUT2D eigenvalue weighted by atomic mass is 9.85. The predicted octanol–water partition coefficient (Wildman–Crippen LogP) is 7.23. The van der Waals surface area contributed by atoms with Gasteiger partial charge < -0.3 is 24.6 Å². The van der Waals surface area contributed by atoms with Crippen molar-refractivity contribution in [1.29, 1.82) is 0 Å². The van der Waals surface area contributed by atoms with Crippen LogP contribution in [0.5, 0.6) is 0 Å². The lowest BCUT2D eigenvalue weighted by Gasteiger charge is -2.40. The van der Waals surface area contributed by atoms with Crippen molar-refractivity contribution in [3.8, 4) is 22.6 Å². The number of H-pyrrole nitrogens is 1. The fraction of sp³-hybridized carbons (Fsp3) is 0.440. The summed E-state index contributed by atoms with van der Waals surface area (Å²) in [5, 5.41) is 10.8. The second-order valence-electron chi connectivity index (χ2n) is 19.7. The van der Waals surface area contributed by atoms with Crippen LogP contribution in [0.15, 0.2) is 71.6 Å². The Morgan fingerprint density at radius 2 is 1.63 bits per heavy atom. The van der Waals surface area contributed by atoms with Gasteiger partial charge in [-0.3, -0.25) is 29.7 Å². The van der Waals surface area contributed by atoms with Crippen molar-refractivity contribution in [2.45, 2.75) is 77.0 Å². The number of imide groups is 1. The Kier molecular flexibility index (Phi) is 11.8. The number of fused-ring (bicyclic) bond motifs is 1. The Morgan fingerprint density at radius 3 is 2.30 bits per heavy atom. The average molecular weight is 923 g/mol. The fourth-order valence-electron chi connectivity index (χ4n) is 9.91. The summed E-state index contributed by atoms with van der Waals surface area (Å²) in [4.78, 5) is 68.8. The van der Waals surface area contributed by atoms with Gasteiger partial charge in [0.25, 0.3) is 11.7 Å². The van der Waals surface area contributed by atoms with Crippen LogP contribution < -0.4 is 25.3 Å². The Labute approximate surface area is 394 Å². The number of nitrogens with zero attached hydrogens (tertiary/aromatic N) is 9. The van der Waals surface area contributed by atoms with Gasteiger partial charge in [-0.05, 0) is 98.7 Å². The number of hydrogen-bond donors (Lipinski definition) is 3. The molecule has 4 fully saturated rings. The molecule has 0 saturated carbocycles. The highest BCUT2D eigenvalue weighted by Crippen LogP contribution is 2.46. The molecule has 4 saturated heterocycles. The molecule has 8 heterocycles. The van der Waals surface area contributed by atoms with Crippen molar-refractivity contribution in [3.05, 3.63) is 95.5 Å². The number of anilines is 3. The zero-order chi connectivity index (χ0) is 46.6. The standard InChI is InChI=1S/C50H58N12O4S/c1-30-23-33(7-10-37(30)50(6,41-28-67-41)57-46(64)45-56-47(66-58-45)49(3,4)5)43-36-25-39(54-44(36)53-29-52-43)38-11-8-35(26-51-38)61-21-19-59(20-22-61)27-32-13-16-60(17-14-32)34-9-12-40(31(2)24-34)62-18-15-42(63)55-48(62)65/h7-12,23-26,29,32,41H,13-22,27-28H2,1-6H3,(H,57,64)(H,52,53,54)(H,55,63,65)/t41?,50-/m1/s1. The van der Waals surface area contributed by atoms with Gasteiger partial charge in [0.15, 0.2) is 0 Å². The summed E-state index contributed by atoms with van der Waals surface area (Å²) in [6.45, 7) is 19.6. The first-order valence-corrected chi connectivity index (χ1v) is 24.4. The molecule has 0 aliphatic carbocycles. The average Bonchev–Trinajstić information content (AvgIpc) is 3.88. The first-order chi connectivity index (χ1) is 32.2.